The van der Waals surface area contributed by atoms with Crippen LogP contribution in [0.3, 0.4) is 0 Å². The first-order valence-electron chi connectivity index (χ1n) is 6.73. The molecule has 3 rings (SSSR count). The van der Waals surface area contributed by atoms with Gasteiger partial charge in [0.2, 0.25) is 5.91 Å². The molecule has 1 aromatic carbocycles. The van der Waals surface area contributed by atoms with Crippen LogP contribution in [0.2, 0.25) is 0 Å². The number of piperidine rings is 1. The molecule has 0 bridgehead atoms. The Hall–Kier alpha value is -2.30. The fraction of sp³-hybridized carbons (Fsp3) is 0.333. The molecule has 1 aliphatic rings. The quantitative estimate of drug-likeness (QED) is 0.875. The van der Waals surface area contributed by atoms with E-state index in [9.17, 15) is 9.59 Å². The van der Waals surface area contributed by atoms with Crippen molar-refractivity contribution in [2.24, 2.45) is 0 Å². The zero-order valence-corrected chi connectivity index (χ0v) is 11.2. The number of nitrogens with one attached hydrogen (secondary N) is 2. The Bertz CT molecular complexity index is 675. The summed E-state index contributed by atoms with van der Waals surface area (Å²) in [7, 11) is 0. The molecule has 2 N–H and O–H groups in total. The van der Waals surface area contributed by atoms with Crippen LogP contribution in [0.1, 0.15) is 29.0 Å². The van der Waals surface area contributed by atoms with E-state index in [0.717, 1.165) is 17.4 Å². The average molecular weight is 272 g/mol. The summed E-state index contributed by atoms with van der Waals surface area (Å²) in [5.74, 6) is -0.177. The summed E-state index contributed by atoms with van der Waals surface area (Å²) in [5.41, 5.74) is 1.48. The van der Waals surface area contributed by atoms with E-state index in [0.29, 0.717) is 18.5 Å². The fourth-order valence-electron chi connectivity index (χ4n) is 2.52. The first-order valence-corrected chi connectivity index (χ1v) is 6.73. The predicted molar refractivity (Wildman–Crippen MR) is 74.4 cm³/mol. The third-order valence-corrected chi connectivity index (χ3v) is 3.64. The highest BCUT2D eigenvalue weighted by molar-refractivity contribution is 6.00. The lowest BCUT2D eigenvalue weighted by Gasteiger charge is -2.22. The van der Waals surface area contributed by atoms with E-state index in [2.05, 4.69) is 10.6 Å². The molecule has 0 aliphatic carbocycles. The number of aryl methyl sites for hydroxylation is 1. The zero-order chi connectivity index (χ0) is 14.1. The Morgan fingerprint density at radius 1 is 1.40 bits per heavy atom. The van der Waals surface area contributed by atoms with Gasteiger partial charge in [-0.25, -0.2) is 0 Å². The van der Waals surface area contributed by atoms with Crippen LogP contribution in [-0.4, -0.2) is 24.4 Å². The van der Waals surface area contributed by atoms with Crippen molar-refractivity contribution in [1.82, 2.24) is 10.6 Å². The molecule has 0 saturated carbocycles. The number of benzene rings is 1. The highest BCUT2D eigenvalue weighted by Crippen LogP contribution is 2.24. The lowest BCUT2D eigenvalue weighted by Crippen LogP contribution is -2.50. The smallest absolute Gasteiger partial charge is 0.287 e. The highest BCUT2D eigenvalue weighted by atomic mass is 16.3. The summed E-state index contributed by atoms with van der Waals surface area (Å²) in [6.45, 7) is 2.52. The summed E-state index contributed by atoms with van der Waals surface area (Å²) >= 11 is 0. The summed E-state index contributed by atoms with van der Waals surface area (Å²) in [6, 6.07) is 7.04. The van der Waals surface area contributed by atoms with Crippen LogP contribution in [0, 0.1) is 6.92 Å². The van der Waals surface area contributed by atoms with E-state index in [1.165, 1.54) is 0 Å². The molecule has 104 valence electrons. The average Bonchev–Trinajstić information content (AvgIpc) is 2.79. The minimum atomic E-state index is -0.469. The second-order valence-electron chi connectivity index (χ2n) is 5.01. The van der Waals surface area contributed by atoms with Crippen LogP contribution in [0.4, 0.5) is 0 Å². The Morgan fingerprint density at radius 3 is 2.95 bits per heavy atom. The maximum Gasteiger partial charge on any atom is 0.287 e. The number of fused-ring (bicyclic) bond motifs is 1. The molecule has 1 aliphatic heterocycles. The first kappa shape index (κ1) is 12.7. The largest absolute Gasteiger partial charge is 0.451 e. The Morgan fingerprint density at radius 2 is 2.20 bits per heavy atom. The standard InChI is InChI=1S/C15H16N2O3/c1-9-10-5-2-3-7-12(10)20-13(9)15(19)17-11-6-4-8-16-14(11)18/h2-3,5,7,11H,4,6,8H2,1H3,(H,16,18)(H,17,19). The zero-order valence-electron chi connectivity index (χ0n) is 11.2. The van der Waals surface area contributed by atoms with Gasteiger partial charge in [-0.15, -0.1) is 0 Å². The molecule has 5 heteroatoms. The lowest BCUT2D eigenvalue weighted by atomic mass is 10.1. The van der Waals surface area contributed by atoms with Gasteiger partial charge in [0.05, 0.1) is 0 Å². The van der Waals surface area contributed by atoms with Crippen molar-refractivity contribution >= 4 is 22.8 Å². The number of hydrogen-bond acceptors (Lipinski definition) is 3. The van der Waals surface area contributed by atoms with Crippen molar-refractivity contribution < 1.29 is 14.0 Å². The van der Waals surface area contributed by atoms with Gasteiger partial charge < -0.3 is 15.1 Å². The molecule has 2 heterocycles. The van der Waals surface area contributed by atoms with Crippen LogP contribution in [0.15, 0.2) is 28.7 Å². The molecule has 1 atom stereocenters. The van der Waals surface area contributed by atoms with Crippen molar-refractivity contribution in [2.75, 3.05) is 6.54 Å². The number of amides is 2. The van der Waals surface area contributed by atoms with Crippen molar-refractivity contribution in [1.29, 1.82) is 0 Å². The van der Waals surface area contributed by atoms with Crippen LogP contribution in [0.5, 0.6) is 0 Å². The molecule has 2 amide bonds. The van der Waals surface area contributed by atoms with Gasteiger partial charge in [-0.05, 0) is 25.8 Å². The van der Waals surface area contributed by atoms with Gasteiger partial charge in [-0.3, -0.25) is 9.59 Å². The second kappa shape index (κ2) is 5.00. The number of carbonyl (C=O) groups is 2. The number of furan rings is 1. The van der Waals surface area contributed by atoms with E-state index in [-0.39, 0.29) is 17.6 Å². The van der Waals surface area contributed by atoms with Crippen LogP contribution < -0.4 is 10.6 Å². The van der Waals surface area contributed by atoms with E-state index in [1.807, 2.05) is 31.2 Å². The Kier molecular flexibility index (Phi) is 3.18. The van der Waals surface area contributed by atoms with Crippen LogP contribution >= 0.6 is 0 Å². The monoisotopic (exact) mass is 272 g/mol. The third kappa shape index (κ3) is 2.15. The minimum Gasteiger partial charge on any atom is -0.451 e. The van der Waals surface area contributed by atoms with Gasteiger partial charge >= 0.3 is 0 Å². The maximum atomic E-state index is 12.3. The molecule has 2 aromatic rings. The summed E-state index contributed by atoms with van der Waals surface area (Å²) in [5, 5.41) is 6.41. The van der Waals surface area contributed by atoms with Crippen LogP contribution in [0.25, 0.3) is 11.0 Å². The van der Waals surface area contributed by atoms with Crippen molar-refractivity contribution in [2.45, 2.75) is 25.8 Å². The molecule has 0 radical (unpaired) electrons. The molecule has 1 aromatic heterocycles. The predicted octanol–water partition coefficient (Wildman–Crippen LogP) is 1.75. The Balaban J connectivity index is 1.85. The Labute approximate surface area is 116 Å². The number of hydrogen-bond donors (Lipinski definition) is 2. The third-order valence-electron chi connectivity index (χ3n) is 3.64. The van der Waals surface area contributed by atoms with Crippen molar-refractivity contribution in [3.8, 4) is 0 Å². The van der Waals surface area contributed by atoms with Crippen molar-refractivity contribution in [3.05, 3.63) is 35.6 Å². The van der Waals surface area contributed by atoms with Gasteiger partial charge in [0.1, 0.15) is 11.6 Å². The number of para-hydroxylation sites is 1. The summed E-state index contributed by atoms with van der Waals surface area (Å²) < 4.78 is 5.59. The van der Waals surface area contributed by atoms with Gasteiger partial charge in [-0.2, -0.15) is 0 Å². The lowest BCUT2D eigenvalue weighted by molar-refractivity contribution is -0.124. The molecule has 1 fully saturated rings. The number of carbonyl (C=O) groups excluding carboxylic acids is 2. The van der Waals surface area contributed by atoms with E-state index < -0.39 is 6.04 Å². The minimum absolute atomic E-state index is 0.127. The van der Waals surface area contributed by atoms with E-state index in [1.54, 1.807) is 0 Å². The fourth-order valence-corrected chi connectivity index (χ4v) is 2.52. The highest BCUT2D eigenvalue weighted by Gasteiger charge is 2.26. The molecule has 5 nitrogen and oxygen atoms in total. The topological polar surface area (TPSA) is 71.3 Å². The molecule has 1 unspecified atom stereocenters. The number of rotatable bonds is 2. The molecule has 0 spiro atoms. The first-order chi connectivity index (χ1) is 9.66. The second-order valence-corrected chi connectivity index (χ2v) is 5.01. The molecule has 20 heavy (non-hydrogen) atoms. The van der Waals surface area contributed by atoms with E-state index in [4.69, 9.17) is 4.42 Å². The summed E-state index contributed by atoms with van der Waals surface area (Å²) in [6.07, 6.45) is 1.53. The van der Waals surface area contributed by atoms with E-state index >= 15 is 0 Å². The van der Waals surface area contributed by atoms with Gasteiger partial charge in [-0.1, -0.05) is 18.2 Å². The normalized spacial score (nSPS) is 18.9. The molecular formula is C15H16N2O3. The molecular weight excluding hydrogens is 256 g/mol. The van der Waals surface area contributed by atoms with Crippen molar-refractivity contribution in [3.63, 3.8) is 0 Å². The van der Waals surface area contributed by atoms with Gasteiger partial charge in [0, 0.05) is 17.5 Å². The maximum absolute atomic E-state index is 12.3. The van der Waals surface area contributed by atoms with Gasteiger partial charge in [0.15, 0.2) is 5.76 Å². The van der Waals surface area contributed by atoms with Gasteiger partial charge in [0.25, 0.3) is 5.91 Å². The van der Waals surface area contributed by atoms with Crippen LogP contribution in [-0.2, 0) is 4.79 Å². The summed E-state index contributed by atoms with van der Waals surface area (Å²) in [4.78, 5) is 23.9. The SMILES string of the molecule is Cc1c(C(=O)NC2CCCNC2=O)oc2ccccc12. The molecule has 1 saturated heterocycles.